The second kappa shape index (κ2) is 8.91. The van der Waals surface area contributed by atoms with Gasteiger partial charge in [-0.3, -0.25) is 14.5 Å². The highest BCUT2D eigenvalue weighted by molar-refractivity contribution is 8.27. The fourth-order valence-corrected chi connectivity index (χ4v) is 4.64. The fourth-order valence-electron chi connectivity index (χ4n) is 3.35. The molecule has 0 spiro atoms. The Morgan fingerprint density at radius 2 is 1.87 bits per heavy atom. The van der Waals surface area contributed by atoms with Crippen molar-refractivity contribution in [3.63, 3.8) is 0 Å². The number of thioether (sulfide) groups is 1. The summed E-state index contributed by atoms with van der Waals surface area (Å²) >= 11 is 6.79. The Hall–Kier alpha value is -3.16. The van der Waals surface area contributed by atoms with Crippen LogP contribution >= 0.6 is 24.0 Å². The zero-order chi connectivity index (χ0) is 22.0. The lowest BCUT2D eigenvalue weighted by atomic mass is 10.1. The lowest BCUT2D eigenvalue weighted by Gasteiger charge is -2.17. The van der Waals surface area contributed by atoms with Crippen LogP contribution in [0.1, 0.15) is 19.4 Å². The van der Waals surface area contributed by atoms with Crippen molar-refractivity contribution in [3.05, 3.63) is 71.1 Å². The molecular formula is C24H19NO4S2. The number of hydrogen-bond acceptors (Lipinski definition) is 6. The van der Waals surface area contributed by atoms with Gasteiger partial charge in [0.05, 0.1) is 17.2 Å². The number of amides is 1. The molecule has 0 aromatic heterocycles. The standard InChI is InChI=1S/C24H19NO4S2/c1-3-28-21-13-16(11-12-20(21)29-15(2)26)14-22-23(27)25(24(30)31-22)19-10-6-8-17-7-4-5-9-18(17)19/h4-14H,3H2,1-2H3/b22-14-. The number of fused-ring (bicyclic) bond motifs is 1. The molecule has 0 unspecified atom stereocenters. The molecule has 1 saturated heterocycles. The maximum Gasteiger partial charge on any atom is 0.308 e. The minimum atomic E-state index is -0.426. The average Bonchev–Trinajstić information content (AvgIpc) is 3.02. The van der Waals surface area contributed by atoms with E-state index in [1.54, 1.807) is 29.2 Å². The highest BCUT2D eigenvalue weighted by Gasteiger charge is 2.34. The lowest BCUT2D eigenvalue weighted by Crippen LogP contribution is -2.27. The summed E-state index contributed by atoms with van der Waals surface area (Å²) in [4.78, 5) is 26.6. The van der Waals surface area contributed by atoms with Crippen LogP contribution in [0.15, 0.2) is 65.6 Å². The summed E-state index contributed by atoms with van der Waals surface area (Å²) in [6.45, 7) is 3.60. The molecule has 1 aliphatic rings. The van der Waals surface area contributed by atoms with Gasteiger partial charge in [-0.05, 0) is 42.1 Å². The molecule has 7 heteroatoms. The van der Waals surface area contributed by atoms with Gasteiger partial charge in [0.1, 0.15) is 0 Å². The van der Waals surface area contributed by atoms with Crippen molar-refractivity contribution in [2.75, 3.05) is 11.5 Å². The Bertz CT molecular complexity index is 1230. The Labute approximate surface area is 189 Å². The summed E-state index contributed by atoms with van der Waals surface area (Å²) in [5.41, 5.74) is 1.52. The van der Waals surface area contributed by atoms with Gasteiger partial charge in [-0.15, -0.1) is 0 Å². The number of thiocarbonyl (C=S) groups is 1. The van der Waals surface area contributed by atoms with E-state index in [9.17, 15) is 9.59 Å². The summed E-state index contributed by atoms with van der Waals surface area (Å²) in [6.07, 6.45) is 1.77. The largest absolute Gasteiger partial charge is 0.490 e. The summed E-state index contributed by atoms with van der Waals surface area (Å²) in [6, 6.07) is 18.9. The van der Waals surface area contributed by atoms with Gasteiger partial charge in [0.25, 0.3) is 5.91 Å². The second-order valence-electron chi connectivity index (χ2n) is 6.75. The van der Waals surface area contributed by atoms with Gasteiger partial charge >= 0.3 is 5.97 Å². The average molecular weight is 450 g/mol. The number of anilines is 1. The van der Waals surface area contributed by atoms with E-state index in [1.165, 1.54) is 18.7 Å². The van der Waals surface area contributed by atoms with Crippen molar-refractivity contribution in [3.8, 4) is 11.5 Å². The van der Waals surface area contributed by atoms with E-state index < -0.39 is 5.97 Å². The van der Waals surface area contributed by atoms with Gasteiger partial charge in [-0.1, -0.05) is 66.4 Å². The van der Waals surface area contributed by atoms with Crippen LogP contribution in [0.3, 0.4) is 0 Å². The lowest BCUT2D eigenvalue weighted by molar-refractivity contribution is -0.132. The molecule has 0 N–H and O–H groups in total. The van der Waals surface area contributed by atoms with E-state index in [0.29, 0.717) is 27.3 Å². The molecule has 4 rings (SSSR count). The molecule has 0 aliphatic carbocycles. The van der Waals surface area contributed by atoms with Crippen LogP contribution in [0.5, 0.6) is 11.5 Å². The van der Waals surface area contributed by atoms with Crippen molar-refractivity contribution >= 4 is 62.7 Å². The SMILES string of the molecule is CCOc1cc(/C=C2\SC(=S)N(c3cccc4ccccc34)C2=O)ccc1OC(C)=O. The van der Waals surface area contributed by atoms with Crippen molar-refractivity contribution in [1.29, 1.82) is 0 Å². The Morgan fingerprint density at radius 1 is 1.10 bits per heavy atom. The van der Waals surface area contributed by atoms with Crippen LogP contribution < -0.4 is 14.4 Å². The molecule has 1 fully saturated rings. The predicted octanol–water partition coefficient (Wildman–Crippen LogP) is 5.57. The highest BCUT2D eigenvalue weighted by Crippen LogP contribution is 2.39. The van der Waals surface area contributed by atoms with E-state index >= 15 is 0 Å². The fraction of sp³-hybridized carbons (Fsp3) is 0.125. The minimum absolute atomic E-state index is 0.173. The first-order valence-corrected chi connectivity index (χ1v) is 10.9. The molecule has 1 aliphatic heterocycles. The molecule has 5 nitrogen and oxygen atoms in total. The zero-order valence-electron chi connectivity index (χ0n) is 17.0. The maximum atomic E-state index is 13.2. The van der Waals surface area contributed by atoms with Crippen LogP contribution in [0, 0.1) is 0 Å². The number of carbonyl (C=O) groups is 2. The first kappa shape index (κ1) is 21.1. The first-order valence-electron chi connectivity index (χ1n) is 9.69. The number of hydrogen-bond donors (Lipinski definition) is 0. The summed E-state index contributed by atoms with van der Waals surface area (Å²) in [7, 11) is 0. The summed E-state index contributed by atoms with van der Waals surface area (Å²) < 4.78 is 11.3. The molecule has 0 radical (unpaired) electrons. The van der Waals surface area contributed by atoms with Gasteiger partial charge in [-0.25, -0.2) is 0 Å². The van der Waals surface area contributed by atoms with Gasteiger partial charge in [0.15, 0.2) is 15.8 Å². The number of ether oxygens (including phenoxy) is 2. The quantitative estimate of drug-likeness (QED) is 0.220. The first-order chi connectivity index (χ1) is 15.0. The molecule has 0 saturated carbocycles. The van der Waals surface area contributed by atoms with E-state index in [1.807, 2.05) is 49.4 Å². The molecule has 0 bridgehead atoms. The number of esters is 1. The van der Waals surface area contributed by atoms with Crippen molar-refractivity contribution in [1.82, 2.24) is 0 Å². The van der Waals surface area contributed by atoms with Crippen LogP contribution in [0.4, 0.5) is 5.69 Å². The Kier molecular flexibility index (Phi) is 6.06. The predicted molar refractivity (Wildman–Crippen MR) is 129 cm³/mol. The molecule has 0 atom stereocenters. The highest BCUT2D eigenvalue weighted by atomic mass is 32.2. The molecular weight excluding hydrogens is 430 g/mol. The van der Waals surface area contributed by atoms with Crippen molar-refractivity contribution < 1.29 is 19.1 Å². The third-order valence-electron chi connectivity index (χ3n) is 4.62. The van der Waals surface area contributed by atoms with Gasteiger partial charge in [-0.2, -0.15) is 0 Å². The zero-order valence-corrected chi connectivity index (χ0v) is 18.6. The summed E-state index contributed by atoms with van der Waals surface area (Å²) in [5, 5.41) is 2.01. The van der Waals surface area contributed by atoms with Crippen LogP contribution in [-0.4, -0.2) is 22.8 Å². The molecule has 3 aromatic carbocycles. The third-order valence-corrected chi connectivity index (χ3v) is 5.92. The molecule has 3 aromatic rings. The van der Waals surface area contributed by atoms with E-state index in [0.717, 1.165) is 22.0 Å². The molecule has 1 amide bonds. The number of nitrogens with zero attached hydrogens (tertiary/aromatic N) is 1. The number of rotatable bonds is 5. The molecule has 1 heterocycles. The normalized spacial score (nSPS) is 15.0. The smallest absolute Gasteiger partial charge is 0.308 e. The Morgan fingerprint density at radius 3 is 2.65 bits per heavy atom. The van der Waals surface area contributed by atoms with Gasteiger partial charge in [0.2, 0.25) is 0 Å². The monoisotopic (exact) mass is 449 g/mol. The summed E-state index contributed by atoms with van der Waals surface area (Å²) in [5.74, 6) is 0.184. The van der Waals surface area contributed by atoms with Crippen LogP contribution in [-0.2, 0) is 9.59 Å². The molecule has 156 valence electrons. The molecule has 31 heavy (non-hydrogen) atoms. The van der Waals surface area contributed by atoms with Gasteiger partial charge in [0, 0.05) is 12.3 Å². The number of carbonyl (C=O) groups excluding carboxylic acids is 2. The van der Waals surface area contributed by atoms with E-state index in [4.69, 9.17) is 21.7 Å². The number of benzene rings is 3. The van der Waals surface area contributed by atoms with E-state index in [-0.39, 0.29) is 5.91 Å². The maximum absolute atomic E-state index is 13.2. The van der Waals surface area contributed by atoms with E-state index in [2.05, 4.69) is 0 Å². The third kappa shape index (κ3) is 4.33. The van der Waals surface area contributed by atoms with Crippen LogP contribution in [0.2, 0.25) is 0 Å². The van der Waals surface area contributed by atoms with Crippen molar-refractivity contribution in [2.45, 2.75) is 13.8 Å². The van der Waals surface area contributed by atoms with Crippen LogP contribution in [0.25, 0.3) is 16.8 Å². The minimum Gasteiger partial charge on any atom is -0.490 e. The van der Waals surface area contributed by atoms with Gasteiger partial charge < -0.3 is 9.47 Å². The second-order valence-corrected chi connectivity index (χ2v) is 8.42. The Balaban J connectivity index is 1.69. The van der Waals surface area contributed by atoms with Crippen molar-refractivity contribution in [2.24, 2.45) is 0 Å². The topological polar surface area (TPSA) is 55.8 Å².